The number of carboxylic acids is 1. The molecular formula is C7H15NaO6S. The van der Waals surface area contributed by atoms with Crippen LogP contribution in [-0.2, 0) is 14.9 Å². The number of aliphatic hydroxyl groups is 1. The molecule has 0 fully saturated rings. The van der Waals surface area contributed by atoms with Crippen molar-refractivity contribution in [2.75, 3.05) is 0 Å². The third-order valence-corrected chi connectivity index (χ3v) is 2.08. The molecule has 0 rings (SSSR count). The summed E-state index contributed by atoms with van der Waals surface area (Å²) in [5, 5.41) is 16.2. The predicted octanol–water partition coefficient (Wildman–Crippen LogP) is -0.399. The Balaban J connectivity index is -0.000000187. The molecule has 3 N–H and O–H groups in total. The van der Waals surface area contributed by atoms with Gasteiger partial charge in [-0.25, -0.2) is 4.79 Å². The molecule has 8 heteroatoms. The summed E-state index contributed by atoms with van der Waals surface area (Å²) in [6.45, 7) is 6.06. The SMILES string of the molecule is C=C(C)C(=O)O.CCC(O)S(=O)(=O)O.[NaH]. The summed E-state index contributed by atoms with van der Waals surface area (Å²) < 4.78 is 27.7. The monoisotopic (exact) mass is 250 g/mol. The molecule has 1 atom stereocenters. The molecule has 0 amide bonds. The quantitative estimate of drug-likeness (QED) is 0.357. The maximum atomic E-state index is 9.87. The van der Waals surface area contributed by atoms with Crippen molar-refractivity contribution in [1.82, 2.24) is 0 Å². The van der Waals surface area contributed by atoms with Crippen LogP contribution in [-0.4, -0.2) is 64.1 Å². The summed E-state index contributed by atoms with van der Waals surface area (Å²) >= 11 is 0. The molecular weight excluding hydrogens is 235 g/mol. The molecule has 0 aliphatic heterocycles. The Kier molecular flexibility index (Phi) is 12.7. The normalized spacial score (nSPS) is 11.5. The summed E-state index contributed by atoms with van der Waals surface area (Å²) in [4.78, 5) is 9.60. The van der Waals surface area contributed by atoms with Crippen LogP contribution in [0.2, 0.25) is 0 Å². The van der Waals surface area contributed by atoms with Gasteiger partial charge in [-0.3, -0.25) is 4.55 Å². The molecule has 86 valence electrons. The van der Waals surface area contributed by atoms with Crippen molar-refractivity contribution in [2.45, 2.75) is 25.7 Å². The Morgan fingerprint density at radius 2 is 1.73 bits per heavy atom. The van der Waals surface area contributed by atoms with Crippen LogP contribution in [0.15, 0.2) is 12.2 Å². The Labute approximate surface area is 111 Å². The first-order valence-corrected chi connectivity index (χ1v) is 5.16. The fourth-order valence-electron chi connectivity index (χ4n) is 0.211. The van der Waals surface area contributed by atoms with Crippen LogP contribution in [0.4, 0.5) is 0 Å². The van der Waals surface area contributed by atoms with E-state index >= 15 is 0 Å². The maximum absolute atomic E-state index is 9.87. The molecule has 0 aromatic heterocycles. The minimum atomic E-state index is -4.20. The summed E-state index contributed by atoms with van der Waals surface area (Å²) in [7, 11) is -4.20. The van der Waals surface area contributed by atoms with E-state index < -0.39 is 21.5 Å². The van der Waals surface area contributed by atoms with E-state index in [1.165, 1.54) is 13.8 Å². The molecule has 0 aliphatic rings. The van der Waals surface area contributed by atoms with Crippen molar-refractivity contribution >= 4 is 45.6 Å². The van der Waals surface area contributed by atoms with E-state index in [1.807, 2.05) is 0 Å². The summed E-state index contributed by atoms with van der Waals surface area (Å²) in [6, 6.07) is 0. The predicted molar refractivity (Wildman–Crippen MR) is 57.4 cm³/mol. The molecule has 0 aromatic rings. The average Bonchev–Trinajstić information content (AvgIpc) is 2.02. The van der Waals surface area contributed by atoms with Gasteiger partial charge in [0, 0.05) is 5.57 Å². The van der Waals surface area contributed by atoms with Crippen molar-refractivity contribution in [3.63, 3.8) is 0 Å². The number of carboxylic acid groups (broad SMARTS) is 1. The second-order valence-corrected chi connectivity index (χ2v) is 4.04. The first kappa shape index (κ1) is 20.5. The van der Waals surface area contributed by atoms with Crippen LogP contribution in [0.25, 0.3) is 0 Å². The van der Waals surface area contributed by atoms with Gasteiger partial charge in [0.1, 0.15) is 0 Å². The molecule has 1 unspecified atom stereocenters. The van der Waals surface area contributed by atoms with Crippen LogP contribution in [0.3, 0.4) is 0 Å². The van der Waals surface area contributed by atoms with Gasteiger partial charge in [0.2, 0.25) is 0 Å². The minimum absolute atomic E-state index is 0. The molecule has 6 nitrogen and oxygen atoms in total. The van der Waals surface area contributed by atoms with Crippen LogP contribution in [0.1, 0.15) is 20.3 Å². The Morgan fingerprint density at radius 3 is 1.73 bits per heavy atom. The summed E-state index contributed by atoms with van der Waals surface area (Å²) in [6.07, 6.45) is 0.0127. The number of hydrogen-bond donors (Lipinski definition) is 3. The molecule has 0 aromatic carbocycles. The van der Waals surface area contributed by atoms with Gasteiger partial charge in [0.05, 0.1) is 0 Å². The number of carbonyl (C=O) groups is 1. The van der Waals surface area contributed by atoms with Crippen LogP contribution < -0.4 is 0 Å². The first-order chi connectivity index (χ1) is 6.12. The second kappa shape index (κ2) is 9.32. The molecule has 0 aliphatic carbocycles. The van der Waals surface area contributed by atoms with Gasteiger partial charge in [0.25, 0.3) is 10.1 Å². The van der Waals surface area contributed by atoms with E-state index in [9.17, 15) is 13.2 Å². The van der Waals surface area contributed by atoms with Crippen molar-refractivity contribution in [3.05, 3.63) is 12.2 Å². The fourth-order valence-corrected chi connectivity index (χ4v) is 0.632. The topological polar surface area (TPSA) is 112 Å². The average molecular weight is 250 g/mol. The van der Waals surface area contributed by atoms with Crippen LogP contribution >= 0.6 is 0 Å². The number of aliphatic carboxylic acids is 1. The van der Waals surface area contributed by atoms with Gasteiger partial charge < -0.3 is 10.2 Å². The summed E-state index contributed by atoms with van der Waals surface area (Å²) in [5.74, 6) is -0.935. The van der Waals surface area contributed by atoms with Crippen molar-refractivity contribution < 1.29 is 28.0 Å². The molecule has 0 heterocycles. The van der Waals surface area contributed by atoms with Gasteiger partial charge in [-0.1, -0.05) is 13.5 Å². The molecule has 0 radical (unpaired) electrons. The Morgan fingerprint density at radius 1 is 1.47 bits per heavy atom. The standard InChI is InChI=1S/C4H6O2.C3H8O4S.Na.H/c1-3(2)4(5)6;1-2-3(4)8(5,6)7;;/h1H2,2H3,(H,5,6);3-4H,2H2,1H3,(H,5,6,7);;. The third kappa shape index (κ3) is 14.1. The van der Waals surface area contributed by atoms with E-state index in [4.69, 9.17) is 14.8 Å². The Bertz CT molecular complexity index is 285. The van der Waals surface area contributed by atoms with E-state index in [2.05, 4.69) is 6.58 Å². The van der Waals surface area contributed by atoms with Crippen molar-refractivity contribution in [3.8, 4) is 0 Å². The van der Waals surface area contributed by atoms with E-state index in [0.717, 1.165) is 0 Å². The van der Waals surface area contributed by atoms with Crippen molar-refractivity contribution in [2.24, 2.45) is 0 Å². The first-order valence-electron chi connectivity index (χ1n) is 3.66. The van der Waals surface area contributed by atoms with Gasteiger partial charge in [-0.05, 0) is 13.3 Å². The summed E-state index contributed by atoms with van der Waals surface area (Å²) in [5.41, 5.74) is -1.45. The van der Waals surface area contributed by atoms with E-state index in [1.54, 1.807) is 0 Å². The zero-order valence-corrected chi connectivity index (χ0v) is 8.78. The van der Waals surface area contributed by atoms with Gasteiger partial charge in [-0.15, -0.1) is 0 Å². The molecule has 0 saturated heterocycles. The van der Waals surface area contributed by atoms with E-state index in [-0.39, 0.29) is 41.6 Å². The van der Waals surface area contributed by atoms with Gasteiger partial charge in [0.15, 0.2) is 5.44 Å². The van der Waals surface area contributed by atoms with Crippen molar-refractivity contribution in [1.29, 1.82) is 0 Å². The van der Waals surface area contributed by atoms with Gasteiger partial charge in [-0.2, -0.15) is 8.42 Å². The van der Waals surface area contributed by atoms with Gasteiger partial charge >= 0.3 is 35.5 Å². The second-order valence-electron chi connectivity index (χ2n) is 2.46. The Hall–Kier alpha value is 0.0800. The molecule has 0 spiro atoms. The molecule has 0 bridgehead atoms. The number of hydrogen-bond acceptors (Lipinski definition) is 4. The van der Waals surface area contributed by atoms with Crippen LogP contribution in [0, 0.1) is 0 Å². The number of rotatable bonds is 3. The third-order valence-electron chi connectivity index (χ3n) is 1.06. The zero-order valence-electron chi connectivity index (χ0n) is 7.97. The fraction of sp³-hybridized carbons (Fsp3) is 0.571. The molecule has 0 saturated carbocycles. The van der Waals surface area contributed by atoms with Crippen LogP contribution in [0.5, 0.6) is 0 Å². The van der Waals surface area contributed by atoms with E-state index in [0.29, 0.717) is 0 Å². The molecule has 15 heavy (non-hydrogen) atoms. The number of aliphatic hydroxyl groups excluding tert-OH is 1. The zero-order chi connectivity index (χ0) is 11.9.